The van der Waals surface area contributed by atoms with E-state index in [9.17, 15) is 0 Å². The zero-order valence-corrected chi connectivity index (χ0v) is 23.9. The molecule has 0 spiro atoms. The fourth-order valence-corrected chi connectivity index (χ4v) is 6.90. The first kappa shape index (κ1) is 24.6. The fraction of sp³-hybridized carbons (Fsp3) is 0.0732. The van der Waals surface area contributed by atoms with Gasteiger partial charge in [0.05, 0.1) is 11.4 Å². The highest BCUT2D eigenvalue weighted by atomic mass is 15.1. The number of rotatable bonds is 4. The minimum absolute atomic E-state index is 0.0632. The van der Waals surface area contributed by atoms with E-state index in [0.717, 1.165) is 5.69 Å². The van der Waals surface area contributed by atoms with Gasteiger partial charge in [0.25, 0.3) is 0 Å². The second kappa shape index (κ2) is 9.46. The molecular formula is C41H31N. The first-order valence-electron chi connectivity index (χ1n) is 14.7. The maximum absolute atomic E-state index is 2.46. The lowest BCUT2D eigenvalue weighted by molar-refractivity contribution is 0.660. The molecule has 42 heavy (non-hydrogen) atoms. The number of fused-ring (bicyclic) bond motifs is 5. The van der Waals surface area contributed by atoms with Gasteiger partial charge >= 0.3 is 0 Å². The third kappa shape index (κ3) is 3.78. The molecule has 1 nitrogen and oxygen atoms in total. The van der Waals surface area contributed by atoms with Crippen LogP contribution in [0.4, 0.5) is 17.1 Å². The van der Waals surface area contributed by atoms with Crippen molar-refractivity contribution in [3.05, 3.63) is 163 Å². The summed E-state index contributed by atoms with van der Waals surface area (Å²) < 4.78 is 0. The topological polar surface area (TPSA) is 3.24 Å². The number of benzene rings is 7. The Labute approximate surface area is 247 Å². The van der Waals surface area contributed by atoms with Crippen LogP contribution in [-0.2, 0) is 5.41 Å². The Morgan fingerprint density at radius 2 is 1.07 bits per heavy atom. The summed E-state index contributed by atoms with van der Waals surface area (Å²) in [4.78, 5) is 2.46. The predicted molar refractivity (Wildman–Crippen MR) is 179 cm³/mol. The van der Waals surface area contributed by atoms with Crippen molar-refractivity contribution in [1.29, 1.82) is 0 Å². The maximum atomic E-state index is 2.46. The second-order valence-corrected chi connectivity index (χ2v) is 11.8. The van der Waals surface area contributed by atoms with Gasteiger partial charge < -0.3 is 4.90 Å². The van der Waals surface area contributed by atoms with Crippen LogP contribution in [0.5, 0.6) is 0 Å². The van der Waals surface area contributed by atoms with Gasteiger partial charge in [0.1, 0.15) is 0 Å². The van der Waals surface area contributed by atoms with E-state index in [4.69, 9.17) is 0 Å². The van der Waals surface area contributed by atoms with Crippen LogP contribution in [0.15, 0.2) is 152 Å². The van der Waals surface area contributed by atoms with Crippen LogP contribution < -0.4 is 4.90 Å². The van der Waals surface area contributed by atoms with Crippen LogP contribution in [-0.4, -0.2) is 0 Å². The Morgan fingerprint density at radius 3 is 1.93 bits per heavy atom. The molecule has 0 fully saturated rings. The third-order valence-electron chi connectivity index (χ3n) is 9.04. The van der Waals surface area contributed by atoms with E-state index in [1.54, 1.807) is 0 Å². The minimum Gasteiger partial charge on any atom is -0.309 e. The Kier molecular flexibility index (Phi) is 5.55. The molecule has 1 aliphatic rings. The molecule has 0 N–H and O–H groups in total. The molecule has 0 heterocycles. The van der Waals surface area contributed by atoms with Gasteiger partial charge in [-0.2, -0.15) is 0 Å². The second-order valence-electron chi connectivity index (χ2n) is 11.8. The number of nitrogens with zero attached hydrogens (tertiary/aromatic N) is 1. The molecule has 8 rings (SSSR count). The smallest absolute Gasteiger partial charge is 0.0543 e. The lowest BCUT2D eigenvalue weighted by atomic mass is 9.82. The molecule has 0 aromatic heterocycles. The zero-order chi connectivity index (χ0) is 28.3. The first-order chi connectivity index (χ1) is 20.6. The minimum atomic E-state index is -0.0632. The number of hydrogen-bond acceptors (Lipinski definition) is 1. The van der Waals surface area contributed by atoms with Gasteiger partial charge in [-0.25, -0.2) is 0 Å². The summed E-state index contributed by atoms with van der Waals surface area (Å²) in [5.74, 6) is 0. The van der Waals surface area contributed by atoms with Gasteiger partial charge in [-0.1, -0.05) is 135 Å². The molecule has 7 aromatic carbocycles. The van der Waals surface area contributed by atoms with Crippen molar-refractivity contribution in [2.75, 3.05) is 4.90 Å². The van der Waals surface area contributed by atoms with Crippen LogP contribution in [0.1, 0.15) is 25.0 Å². The van der Waals surface area contributed by atoms with E-state index in [0.29, 0.717) is 0 Å². The van der Waals surface area contributed by atoms with E-state index in [1.807, 2.05) is 0 Å². The Balaban J connectivity index is 1.34. The Bertz CT molecular complexity index is 2110. The standard InChI is InChI=1S/C41H31N/c1-41(2)36-17-8-7-16-35(36)40-37(41)18-10-20-39(40)42(38-19-9-14-30-12-5-6-15-34(30)38)33-25-23-29(24-26-33)32-22-21-28-11-3-4-13-31(28)27-32/h3-27H,1-2H3. The number of anilines is 3. The molecule has 0 amide bonds. The van der Waals surface area contributed by atoms with Crippen molar-refractivity contribution in [1.82, 2.24) is 0 Å². The van der Waals surface area contributed by atoms with Crippen LogP contribution in [0.25, 0.3) is 43.8 Å². The van der Waals surface area contributed by atoms with Crippen molar-refractivity contribution in [3.63, 3.8) is 0 Å². The third-order valence-corrected chi connectivity index (χ3v) is 9.04. The first-order valence-corrected chi connectivity index (χ1v) is 14.7. The van der Waals surface area contributed by atoms with Crippen LogP contribution >= 0.6 is 0 Å². The zero-order valence-electron chi connectivity index (χ0n) is 23.9. The van der Waals surface area contributed by atoms with Gasteiger partial charge in [-0.15, -0.1) is 0 Å². The van der Waals surface area contributed by atoms with E-state index in [2.05, 4.69) is 170 Å². The Hall–Kier alpha value is -5.14. The van der Waals surface area contributed by atoms with Crippen molar-refractivity contribution in [3.8, 4) is 22.3 Å². The van der Waals surface area contributed by atoms with Gasteiger partial charge in [-0.3, -0.25) is 0 Å². The Morgan fingerprint density at radius 1 is 0.452 bits per heavy atom. The average Bonchev–Trinajstić information content (AvgIpc) is 3.28. The molecule has 0 bridgehead atoms. The largest absolute Gasteiger partial charge is 0.309 e. The highest BCUT2D eigenvalue weighted by Gasteiger charge is 2.37. The van der Waals surface area contributed by atoms with E-state index >= 15 is 0 Å². The van der Waals surface area contributed by atoms with Crippen molar-refractivity contribution < 1.29 is 0 Å². The molecule has 0 saturated heterocycles. The quantitative estimate of drug-likeness (QED) is 0.216. The average molecular weight is 538 g/mol. The monoisotopic (exact) mass is 537 g/mol. The molecule has 1 aliphatic carbocycles. The van der Waals surface area contributed by atoms with Gasteiger partial charge in [-0.05, 0) is 74.3 Å². The SMILES string of the molecule is CC1(C)c2ccccc2-c2c(N(c3ccc(-c4ccc5ccccc5c4)cc3)c3cccc4ccccc34)cccc21. The van der Waals surface area contributed by atoms with E-state index in [-0.39, 0.29) is 5.41 Å². The lowest BCUT2D eigenvalue weighted by Gasteiger charge is -2.30. The lowest BCUT2D eigenvalue weighted by Crippen LogP contribution is -2.16. The normalized spacial score (nSPS) is 13.2. The van der Waals surface area contributed by atoms with E-state index in [1.165, 1.54) is 66.3 Å². The van der Waals surface area contributed by atoms with Crippen LogP contribution in [0.3, 0.4) is 0 Å². The molecular weight excluding hydrogens is 506 g/mol. The number of hydrogen-bond donors (Lipinski definition) is 0. The summed E-state index contributed by atoms with van der Waals surface area (Å²) in [5.41, 5.74) is 11.3. The van der Waals surface area contributed by atoms with Crippen LogP contribution in [0, 0.1) is 0 Å². The van der Waals surface area contributed by atoms with Gasteiger partial charge in [0, 0.05) is 22.1 Å². The van der Waals surface area contributed by atoms with Crippen molar-refractivity contribution >= 4 is 38.6 Å². The molecule has 0 saturated carbocycles. The maximum Gasteiger partial charge on any atom is 0.0543 e. The highest BCUT2D eigenvalue weighted by Crippen LogP contribution is 2.54. The van der Waals surface area contributed by atoms with Gasteiger partial charge in [0.15, 0.2) is 0 Å². The summed E-state index contributed by atoms with van der Waals surface area (Å²) in [6.45, 7) is 4.70. The van der Waals surface area contributed by atoms with E-state index < -0.39 is 0 Å². The molecule has 0 atom stereocenters. The highest BCUT2D eigenvalue weighted by molar-refractivity contribution is 6.02. The molecule has 1 heteroatoms. The predicted octanol–water partition coefficient (Wildman–Crippen LogP) is 11.4. The van der Waals surface area contributed by atoms with Crippen LogP contribution in [0.2, 0.25) is 0 Å². The fourth-order valence-electron chi connectivity index (χ4n) is 6.90. The summed E-state index contributed by atoms with van der Waals surface area (Å²) >= 11 is 0. The molecule has 200 valence electrons. The van der Waals surface area contributed by atoms with Crippen molar-refractivity contribution in [2.45, 2.75) is 19.3 Å². The summed E-state index contributed by atoms with van der Waals surface area (Å²) in [7, 11) is 0. The van der Waals surface area contributed by atoms with Crippen molar-refractivity contribution in [2.24, 2.45) is 0 Å². The molecule has 7 aromatic rings. The summed E-state index contributed by atoms with van der Waals surface area (Å²) in [6, 6.07) is 55.4. The summed E-state index contributed by atoms with van der Waals surface area (Å²) in [6.07, 6.45) is 0. The van der Waals surface area contributed by atoms with Gasteiger partial charge in [0.2, 0.25) is 0 Å². The molecule has 0 unspecified atom stereocenters. The molecule has 0 aliphatic heterocycles. The molecule has 0 radical (unpaired) electrons. The summed E-state index contributed by atoms with van der Waals surface area (Å²) in [5, 5.41) is 5.00.